The molecule has 0 saturated heterocycles. The van der Waals surface area contributed by atoms with E-state index in [4.69, 9.17) is 11.6 Å². The molecule has 0 atom stereocenters. The highest BCUT2D eigenvalue weighted by Gasteiger charge is 2.20. The number of thiazole rings is 1. The quantitative estimate of drug-likeness (QED) is 0.785. The van der Waals surface area contributed by atoms with E-state index in [9.17, 15) is 9.90 Å². The van der Waals surface area contributed by atoms with Crippen LogP contribution >= 0.6 is 22.9 Å². The van der Waals surface area contributed by atoms with E-state index in [1.807, 2.05) is 18.2 Å². The van der Waals surface area contributed by atoms with Crippen LogP contribution in [0.5, 0.6) is 0 Å². The second kappa shape index (κ2) is 5.63. The summed E-state index contributed by atoms with van der Waals surface area (Å²) in [6, 6.07) is 10.7. The minimum absolute atomic E-state index is 0.191. The van der Waals surface area contributed by atoms with Crippen molar-refractivity contribution in [3.8, 4) is 21.8 Å². The highest BCUT2D eigenvalue weighted by Crippen LogP contribution is 2.36. The first-order chi connectivity index (χ1) is 10.2. The van der Waals surface area contributed by atoms with Crippen molar-refractivity contribution in [1.29, 1.82) is 0 Å². The van der Waals surface area contributed by atoms with Crippen molar-refractivity contribution in [2.45, 2.75) is 0 Å². The molecule has 2 aromatic heterocycles. The molecule has 0 amide bonds. The van der Waals surface area contributed by atoms with Gasteiger partial charge in [-0.25, -0.2) is 9.78 Å². The first kappa shape index (κ1) is 13.7. The number of pyridine rings is 1. The fraction of sp³-hybridized carbons (Fsp3) is 0. The zero-order chi connectivity index (χ0) is 14.8. The number of hydrogen-bond acceptors (Lipinski definition) is 4. The molecule has 0 aliphatic carbocycles. The topological polar surface area (TPSA) is 63.1 Å². The van der Waals surface area contributed by atoms with Crippen LogP contribution in [-0.2, 0) is 0 Å². The van der Waals surface area contributed by atoms with Gasteiger partial charge in [0.05, 0.1) is 10.7 Å². The van der Waals surface area contributed by atoms with Gasteiger partial charge in [0.1, 0.15) is 9.88 Å². The minimum Gasteiger partial charge on any atom is -0.477 e. The van der Waals surface area contributed by atoms with Gasteiger partial charge in [0.15, 0.2) is 0 Å². The largest absolute Gasteiger partial charge is 0.477 e. The third kappa shape index (κ3) is 2.66. The summed E-state index contributed by atoms with van der Waals surface area (Å²) in [6.45, 7) is 0. The van der Waals surface area contributed by atoms with Gasteiger partial charge >= 0.3 is 5.97 Å². The SMILES string of the molecule is O=C(O)c1sc(-c2ccccc2Cl)nc1-c1ccncc1. The first-order valence-corrected chi connectivity index (χ1v) is 7.25. The van der Waals surface area contributed by atoms with Crippen molar-refractivity contribution in [3.63, 3.8) is 0 Å². The smallest absolute Gasteiger partial charge is 0.348 e. The summed E-state index contributed by atoms with van der Waals surface area (Å²) in [5.74, 6) is -1.00. The van der Waals surface area contributed by atoms with E-state index in [-0.39, 0.29) is 4.88 Å². The average molecular weight is 317 g/mol. The summed E-state index contributed by atoms with van der Waals surface area (Å²) in [5, 5.41) is 10.5. The van der Waals surface area contributed by atoms with E-state index in [1.54, 1.807) is 30.6 Å². The molecule has 0 unspecified atom stereocenters. The molecule has 6 heteroatoms. The molecule has 4 nitrogen and oxygen atoms in total. The van der Waals surface area contributed by atoms with Crippen LogP contribution in [0.2, 0.25) is 5.02 Å². The maximum absolute atomic E-state index is 11.4. The molecule has 1 aromatic carbocycles. The predicted octanol–water partition coefficient (Wildman–Crippen LogP) is 4.22. The molecule has 0 radical (unpaired) electrons. The van der Waals surface area contributed by atoms with Gasteiger partial charge in [-0.3, -0.25) is 4.98 Å². The van der Waals surface area contributed by atoms with Crippen molar-refractivity contribution in [2.24, 2.45) is 0 Å². The fourth-order valence-corrected chi connectivity index (χ4v) is 3.17. The Hall–Kier alpha value is -2.24. The van der Waals surface area contributed by atoms with Gasteiger partial charge in [0.25, 0.3) is 0 Å². The van der Waals surface area contributed by atoms with Crippen molar-refractivity contribution in [2.75, 3.05) is 0 Å². The number of benzene rings is 1. The lowest BCUT2D eigenvalue weighted by molar-refractivity contribution is 0.0702. The second-order valence-electron chi connectivity index (χ2n) is 4.22. The highest BCUT2D eigenvalue weighted by molar-refractivity contribution is 7.17. The molecule has 0 aliphatic rings. The normalized spacial score (nSPS) is 10.5. The summed E-state index contributed by atoms with van der Waals surface area (Å²) in [5.41, 5.74) is 1.88. The Bertz CT molecular complexity index is 802. The lowest BCUT2D eigenvalue weighted by atomic mass is 10.2. The van der Waals surface area contributed by atoms with Crippen LogP contribution < -0.4 is 0 Å². The highest BCUT2D eigenvalue weighted by atomic mass is 35.5. The number of hydrogen-bond donors (Lipinski definition) is 1. The molecule has 0 aliphatic heterocycles. The van der Waals surface area contributed by atoms with E-state index in [2.05, 4.69) is 9.97 Å². The number of aromatic carboxylic acids is 1. The second-order valence-corrected chi connectivity index (χ2v) is 5.62. The van der Waals surface area contributed by atoms with Crippen molar-refractivity contribution >= 4 is 28.9 Å². The van der Waals surface area contributed by atoms with Crippen LogP contribution in [0.25, 0.3) is 21.8 Å². The number of carbonyl (C=O) groups is 1. The molecule has 0 fully saturated rings. The van der Waals surface area contributed by atoms with Gasteiger partial charge in [-0.05, 0) is 18.2 Å². The summed E-state index contributed by atoms with van der Waals surface area (Å²) < 4.78 is 0. The molecular formula is C15H9ClN2O2S. The number of halogens is 1. The van der Waals surface area contributed by atoms with E-state index in [0.717, 1.165) is 22.5 Å². The van der Waals surface area contributed by atoms with E-state index in [1.165, 1.54) is 0 Å². The molecule has 3 aromatic rings. The number of aromatic nitrogens is 2. The molecule has 1 N–H and O–H groups in total. The van der Waals surface area contributed by atoms with Crippen LogP contribution in [0.4, 0.5) is 0 Å². The molecule has 104 valence electrons. The maximum atomic E-state index is 11.4. The van der Waals surface area contributed by atoms with Crippen molar-refractivity contribution in [1.82, 2.24) is 9.97 Å². The summed E-state index contributed by atoms with van der Waals surface area (Å²) >= 11 is 7.27. The van der Waals surface area contributed by atoms with Crippen molar-refractivity contribution < 1.29 is 9.90 Å². The Kier molecular flexibility index (Phi) is 3.68. The standard InChI is InChI=1S/C15H9ClN2O2S/c16-11-4-2-1-3-10(11)14-18-12(13(21-14)15(19)20)9-5-7-17-8-6-9/h1-8H,(H,19,20). The van der Waals surface area contributed by atoms with E-state index in [0.29, 0.717) is 15.7 Å². The summed E-state index contributed by atoms with van der Waals surface area (Å²) in [4.78, 5) is 20.0. The first-order valence-electron chi connectivity index (χ1n) is 6.06. The van der Waals surface area contributed by atoms with Gasteiger partial charge in [-0.15, -0.1) is 11.3 Å². The molecule has 2 heterocycles. The molecule has 21 heavy (non-hydrogen) atoms. The van der Waals surface area contributed by atoms with Crippen LogP contribution in [0.3, 0.4) is 0 Å². The van der Waals surface area contributed by atoms with Gasteiger partial charge in [-0.2, -0.15) is 0 Å². The lowest BCUT2D eigenvalue weighted by Crippen LogP contribution is -1.95. The number of carboxylic acids is 1. The van der Waals surface area contributed by atoms with Crippen LogP contribution in [-0.4, -0.2) is 21.0 Å². The van der Waals surface area contributed by atoms with Crippen LogP contribution in [0.1, 0.15) is 9.67 Å². The predicted molar refractivity (Wildman–Crippen MR) is 82.8 cm³/mol. The summed E-state index contributed by atoms with van der Waals surface area (Å²) in [6.07, 6.45) is 3.21. The average Bonchev–Trinajstić information content (AvgIpc) is 2.94. The van der Waals surface area contributed by atoms with Gasteiger partial charge < -0.3 is 5.11 Å². The van der Waals surface area contributed by atoms with Crippen LogP contribution in [0, 0.1) is 0 Å². The summed E-state index contributed by atoms with van der Waals surface area (Å²) in [7, 11) is 0. The fourth-order valence-electron chi connectivity index (χ4n) is 1.92. The Morgan fingerprint density at radius 1 is 1.14 bits per heavy atom. The Balaban J connectivity index is 2.18. The lowest BCUT2D eigenvalue weighted by Gasteiger charge is -1.99. The zero-order valence-electron chi connectivity index (χ0n) is 10.7. The molecular weight excluding hydrogens is 308 g/mol. The Morgan fingerprint density at radius 2 is 1.86 bits per heavy atom. The maximum Gasteiger partial charge on any atom is 0.348 e. The number of rotatable bonds is 3. The van der Waals surface area contributed by atoms with Crippen LogP contribution in [0.15, 0.2) is 48.8 Å². The number of nitrogens with zero attached hydrogens (tertiary/aromatic N) is 2. The zero-order valence-corrected chi connectivity index (χ0v) is 12.2. The molecule has 0 bridgehead atoms. The monoisotopic (exact) mass is 316 g/mol. The van der Waals surface area contributed by atoms with E-state index >= 15 is 0 Å². The molecule has 3 rings (SSSR count). The van der Waals surface area contributed by atoms with Gasteiger partial charge in [-0.1, -0.05) is 29.8 Å². The third-order valence-corrected chi connectivity index (χ3v) is 4.29. The van der Waals surface area contributed by atoms with Gasteiger partial charge in [0, 0.05) is 23.5 Å². The molecule has 0 spiro atoms. The Morgan fingerprint density at radius 3 is 2.52 bits per heavy atom. The minimum atomic E-state index is -1.00. The van der Waals surface area contributed by atoms with Crippen molar-refractivity contribution in [3.05, 3.63) is 58.7 Å². The molecule has 0 saturated carbocycles. The Labute approximate surface area is 129 Å². The number of carboxylic acid groups (broad SMARTS) is 1. The van der Waals surface area contributed by atoms with Gasteiger partial charge in [0.2, 0.25) is 0 Å². The third-order valence-electron chi connectivity index (χ3n) is 2.88. The van der Waals surface area contributed by atoms with E-state index < -0.39 is 5.97 Å².